The van der Waals surface area contributed by atoms with Crippen LogP contribution in [0.4, 0.5) is 0 Å². The lowest BCUT2D eigenvalue weighted by Crippen LogP contribution is -2.05. The van der Waals surface area contributed by atoms with Crippen LogP contribution in [0.15, 0.2) is 30.3 Å². The lowest BCUT2D eigenvalue weighted by atomic mass is 10.1. The summed E-state index contributed by atoms with van der Waals surface area (Å²) in [5.41, 5.74) is 1.22. The van der Waals surface area contributed by atoms with Gasteiger partial charge in [-0.25, -0.2) is 0 Å². The van der Waals surface area contributed by atoms with Crippen LogP contribution in [0.25, 0.3) is 6.08 Å². The Bertz CT molecular complexity index is 307. The summed E-state index contributed by atoms with van der Waals surface area (Å²) < 4.78 is 5.57. The van der Waals surface area contributed by atoms with Crippen LogP contribution in [0, 0.1) is 5.92 Å². The minimum absolute atomic E-state index is 0.238. The number of allylic oxidation sites excluding steroid dienone is 1. The second-order valence-corrected chi connectivity index (χ2v) is 4.34. The van der Waals surface area contributed by atoms with E-state index < -0.39 is 0 Å². The van der Waals surface area contributed by atoms with Crippen LogP contribution in [-0.2, 0) is 0 Å². The summed E-state index contributed by atoms with van der Waals surface area (Å²) >= 11 is 0. The van der Waals surface area contributed by atoms with E-state index in [0.29, 0.717) is 5.92 Å². The summed E-state index contributed by atoms with van der Waals surface area (Å²) in [6, 6.07) is 8.19. The summed E-state index contributed by atoms with van der Waals surface area (Å²) in [6.45, 7) is 8.42. The Morgan fingerprint density at radius 1 is 1.00 bits per heavy atom. The van der Waals surface area contributed by atoms with Crippen molar-refractivity contribution in [3.63, 3.8) is 0 Å². The number of hydrogen-bond donors (Lipinski definition) is 0. The molecule has 0 radical (unpaired) electrons. The zero-order chi connectivity index (χ0) is 11.3. The van der Waals surface area contributed by atoms with Gasteiger partial charge in [-0.05, 0) is 37.5 Å². The van der Waals surface area contributed by atoms with Gasteiger partial charge in [0.05, 0.1) is 6.10 Å². The van der Waals surface area contributed by atoms with Crippen molar-refractivity contribution in [3.8, 4) is 5.75 Å². The zero-order valence-corrected chi connectivity index (χ0v) is 10.0. The first-order valence-electron chi connectivity index (χ1n) is 5.53. The molecule has 0 atom stereocenters. The Morgan fingerprint density at radius 3 is 2.07 bits per heavy atom. The van der Waals surface area contributed by atoms with Crippen LogP contribution in [0.5, 0.6) is 5.75 Å². The van der Waals surface area contributed by atoms with Crippen LogP contribution in [-0.4, -0.2) is 6.10 Å². The minimum Gasteiger partial charge on any atom is -0.491 e. The van der Waals surface area contributed by atoms with Crippen LogP contribution in [0.1, 0.15) is 33.3 Å². The third-order valence-electron chi connectivity index (χ3n) is 1.93. The standard InChI is InChI=1S/C14H20O/c1-11(2)5-6-13-7-9-14(10-8-13)15-12(3)4/h5-12H,1-4H3/b6-5+. The van der Waals surface area contributed by atoms with E-state index in [1.807, 2.05) is 26.0 Å². The summed E-state index contributed by atoms with van der Waals surface area (Å²) in [5.74, 6) is 1.53. The van der Waals surface area contributed by atoms with Gasteiger partial charge < -0.3 is 4.74 Å². The third kappa shape index (κ3) is 4.68. The molecule has 0 bridgehead atoms. The molecule has 0 fully saturated rings. The van der Waals surface area contributed by atoms with Crippen molar-refractivity contribution in [1.29, 1.82) is 0 Å². The molecular weight excluding hydrogens is 184 g/mol. The highest BCUT2D eigenvalue weighted by molar-refractivity contribution is 5.50. The van der Waals surface area contributed by atoms with Gasteiger partial charge in [-0.15, -0.1) is 0 Å². The average Bonchev–Trinajstić information content (AvgIpc) is 2.16. The van der Waals surface area contributed by atoms with E-state index in [2.05, 4.69) is 38.1 Å². The first-order chi connectivity index (χ1) is 7.08. The number of ether oxygens (including phenoxy) is 1. The highest BCUT2D eigenvalue weighted by Gasteiger charge is 1.96. The first-order valence-corrected chi connectivity index (χ1v) is 5.53. The number of hydrogen-bond acceptors (Lipinski definition) is 1. The third-order valence-corrected chi connectivity index (χ3v) is 1.93. The quantitative estimate of drug-likeness (QED) is 0.716. The molecule has 15 heavy (non-hydrogen) atoms. The van der Waals surface area contributed by atoms with Gasteiger partial charge in [0.1, 0.15) is 5.75 Å². The van der Waals surface area contributed by atoms with E-state index in [1.54, 1.807) is 0 Å². The second-order valence-electron chi connectivity index (χ2n) is 4.34. The fourth-order valence-corrected chi connectivity index (χ4v) is 1.23. The molecule has 1 rings (SSSR count). The summed E-state index contributed by atoms with van der Waals surface area (Å²) in [5, 5.41) is 0. The maximum absolute atomic E-state index is 5.57. The van der Waals surface area contributed by atoms with Crippen LogP contribution >= 0.6 is 0 Å². The van der Waals surface area contributed by atoms with E-state index in [9.17, 15) is 0 Å². The Balaban J connectivity index is 2.64. The molecule has 0 aliphatic heterocycles. The van der Waals surface area contributed by atoms with Gasteiger partial charge >= 0.3 is 0 Å². The normalized spacial score (nSPS) is 11.6. The Kier molecular flexibility index (Phi) is 4.41. The number of rotatable bonds is 4. The monoisotopic (exact) mass is 204 g/mol. The first kappa shape index (κ1) is 11.8. The molecule has 0 N–H and O–H groups in total. The molecule has 82 valence electrons. The molecule has 1 nitrogen and oxygen atoms in total. The predicted molar refractivity (Wildman–Crippen MR) is 66.1 cm³/mol. The van der Waals surface area contributed by atoms with E-state index in [1.165, 1.54) is 5.56 Å². The Hall–Kier alpha value is -1.24. The molecule has 0 saturated carbocycles. The molecule has 0 amide bonds. The van der Waals surface area contributed by atoms with Gasteiger partial charge in [-0.1, -0.05) is 38.1 Å². The van der Waals surface area contributed by atoms with E-state index in [0.717, 1.165) is 5.75 Å². The molecule has 0 unspecified atom stereocenters. The van der Waals surface area contributed by atoms with Gasteiger partial charge in [-0.2, -0.15) is 0 Å². The van der Waals surface area contributed by atoms with Crippen molar-refractivity contribution in [2.45, 2.75) is 33.8 Å². The fourth-order valence-electron chi connectivity index (χ4n) is 1.23. The van der Waals surface area contributed by atoms with Gasteiger partial charge in [0, 0.05) is 0 Å². The molecular formula is C14H20O. The summed E-state index contributed by atoms with van der Waals surface area (Å²) in [7, 11) is 0. The number of benzene rings is 1. The van der Waals surface area contributed by atoms with Crippen molar-refractivity contribution < 1.29 is 4.74 Å². The SMILES string of the molecule is CC(C)/C=C/c1ccc(OC(C)C)cc1. The molecule has 0 aromatic heterocycles. The molecule has 0 spiro atoms. The van der Waals surface area contributed by atoms with Crippen LogP contribution in [0.3, 0.4) is 0 Å². The topological polar surface area (TPSA) is 9.23 Å². The van der Waals surface area contributed by atoms with Crippen molar-refractivity contribution >= 4 is 6.08 Å². The predicted octanol–water partition coefficient (Wildman–Crippen LogP) is 4.14. The van der Waals surface area contributed by atoms with Crippen molar-refractivity contribution in [3.05, 3.63) is 35.9 Å². The van der Waals surface area contributed by atoms with Crippen LogP contribution < -0.4 is 4.74 Å². The highest BCUT2D eigenvalue weighted by Crippen LogP contribution is 2.15. The minimum atomic E-state index is 0.238. The van der Waals surface area contributed by atoms with Crippen molar-refractivity contribution in [1.82, 2.24) is 0 Å². The second kappa shape index (κ2) is 5.59. The smallest absolute Gasteiger partial charge is 0.119 e. The van der Waals surface area contributed by atoms with E-state index >= 15 is 0 Å². The van der Waals surface area contributed by atoms with Gasteiger partial charge in [0.25, 0.3) is 0 Å². The Labute approximate surface area is 92.8 Å². The van der Waals surface area contributed by atoms with Crippen molar-refractivity contribution in [2.75, 3.05) is 0 Å². The largest absolute Gasteiger partial charge is 0.491 e. The highest BCUT2D eigenvalue weighted by atomic mass is 16.5. The van der Waals surface area contributed by atoms with Crippen LogP contribution in [0.2, 0.25) is 0 Å². The average molecular weight is 204 g/mol. The molecule has 0 saturated heterocycles. The maximum atomic E-state index is 5.57. The zero-order valence-electron chi connectivity index (χ0n) is 10.0. The lowest BCUT2D eigenvalue weighted by Gasteiger charge is -2.09. The fraction of sp³-hybridized carbons (Fsp3) is 0.429. The van der Waals surface area contributed by atoms with E-state index in [4.69, 9.17) is 4.74 Å². The molecule has 1 heteroatoms. The maximum Gasteiger partial charge on any atom is 0.119 e. The molecule has 0 aliphatic carbocycles. The lowest BCUT2D eigenvalue weighted by molar-refractivity contribution is 0.242. The van der Waals surface area contributed by atoms with Gasteiger partial charge in [0.15, 0.2) is 0 Å². The van der Waals surface area contributed by atoms with Crippen molar-refractivity contribution in [2.24, 2.45) is 5.92 Å². The summed E-state index contributed by atoms with van der Waals surface area (Å²) in [6.07, 6.45) is 4.57. The van der Waals surface area contributed by atoms with Gasteiger partial charge in [0.2, 0.25) is 0 Å². The molecule has 0 heterocycles. The van der Waals surface area contributed by atoms with E-state index in [-0.39, 0.29) is 6.10 Å². The summed E-state index contributed by atoms with van der Waals surface area (Å²) in [4.78, 5) is 0. The Morgan fingerprint density at radius 2 is 1.60 bits per heavy atom. The molecule has 0 aliphatic rings. The van der Waals surface area contributed by atoms with Gasteiger partial charge in [-0.3, -0.25) is 0 Å². The molecule has 1 aromatic carbocycles. The molecule has 1 aromatic rings.